The molecule has 0 saturated carbocycles. The molecule has 0 aliphatic heterocycles. The second-order valence-electron chi connectivity index (χ2n) is 11.2. The van der Waals surface area contributed by atoms with Crippen LogP contribution in [0, 0.1) is 26.8 Å². The zero-order valence-corrected chi connectivity index (χ0v) is 31.2. The number of benzene rings is 6. The zero-order chi connectivity index (χ0) is 34.6. The first-order chi connectivity index (χ1) is 23.2. The van der Waals surface area contributed by atoms with E-state index in [4.69, 9.17) is 5.11 Å². The molecular weight excluding hydrogens is 779 g/mol. The van der Waals surface area contributed by atoms with Gasteiger partial charge in [0.2, 0.25) is 0 Å². The van der Waals surface area contributed by atoms with E-state index in [0.29, 0.717) is 0 Å². The Morgan fingerprint density at radius 2 is 0.959 bits per heavy atom. The molecule has 0 aliphatic rings. The summed E-state index contributed by atoms with van der Waals surface area (Å²) >= 11 is 0. The summed E-state index contributed by atoms with van der Waals surface area (Å²) in [4.78, 5) is 14.5. The third kappa shape index (κ3) is 15.1. The van der Waals surface area contributed by atoms with Crippen LogP contribution in [0.5, 0.6) is 0 Å². The Morgan fingerprint density at radius 1 is 0.551 bits per heavy atom. The molecule has 0 bridgehead atoms. The summed E-state index contributed by atoms with van der Waals surface area (Å²) in [7, 11) is 0. The molecule has 0 saturated heterocycles. The van der Waals surface area contributed by atoms with Gasteiger partial charge >= 0.3 is 0 Å². The van der Waals surface area contributed by atoms with Crippen molar-refractivity contribution in [1.82, 2.24) is 4.98 Å². The number of fused-ring (bicyclic) bond motifs is 3. The van der Waals surface area contributed by atoms with Crippen LogP contribution < -0.4 is 0 Å². The Labute approximate surface area is 305 Å². The van der Waals surface area contributed by atoms with Crippen LogP contribution in [0.4, 0.5) is 0 Å². The normalized spacial score (nSPS) is 9.86. The fraction of sp³-hybridized carbons (Fsp3) is 0.111. The smallest absolute Gasteiger partial charge is 0.155 e. The molecule has 251 valence electrons. The molecule has 1 heterocycles. The zero-order valence-electron chi connectivity index (χ0n) is 28.8. The van der Waals surface area contributed by atoms with Crippen molar-refractivity contribution in [3.8, 4) is 11.3 Å². The van der Waals surface area contributed by atoms with Gasteiger partial charge in [-0.15, -0.1) is 17.5 Å². The van der Waals surface area contributed by atoms with E-state index in [1.165, 1.54) is 52.8 Å². The maximum Gasteiger partial charge on any atom is 0.155 e. The monoisotopic (exact) mass is 823 g/mol. The summed E-state index contributed by atoms with van der Waals surface area (Å²) in [6.45, 7) is 9.10. The van der Waals surface area contributed by atoms with Gasteiger partial charge in [0.15, 0.2) is 5.78 Å². The maximum absolute atomic E-state index is 10.0. The summed E-state index contributed by atoms with van der Waals surface area (Å²) in [6.07, 6.45) is 2.99. The van der Waals surface area contributed by atoms with Gasteiger partial charge in [-0.2, -0.15) is 0 Å². The Morgan fingerprint density at radius 3 is 1.33 bits per heavy atom. The predicted octanol–water partition coefficient (Wildman–Crippen LogP) is 11.9. The molecule has 0 aliphatic carbocycles. The van der Waals surface area contributed by atoms with Crippen LogP contribution in [0.2, 0.25) is 0 Å². The number of ketones is 1. The molecule has 6 aromatic carbocycles. The minimum Gasteiger partial charge on any atom is -0.512 e. The van der Waals surface area contributed by atoms with Crippen molar-refractivity contribution in [1.29, 1.82) is 0 Å². The summed E-state index contributed by atoms with van der Waals surface area (Å²) < 4.78 is 0. The quantitative estimate of drug-likeness (QED) is 0.0818. The Bertz CT molecular complexity index is 1880. The molecule has 4 heteroatoms. The second-order valence-corrected chi connectivity index (χ2v) is 11.2. The van der Waals surface area contributed by atoms with Crippen molar-refractivity contribution in [3.63, 3.8) is 0 Å². The first-order valence-corrected chi connectivity index (χ1v) is 15.9. The molecule has 1 aromatic heterocycles. The first-order valence-electron chi connectivity index (χ1n) is 15.9. The number of aliphatic hydroxyl groups is 1. The number of hydrogen-bond donors (Lipinski definition) is 1. The van der Waals surface area contributed by atoms with E-state index in [9.17, 15) is 4.79 Å². The fourth-order valence-electron chi connectivity index (χ4n) is 4.57. The van der Waals surface area contributed by atoms with E-state index in [1.807, 2.05) is 79.0 Å². The third-order valence-electron chi connectivity index (χ3n) is 6.83. The number of aromatic nitrogens is 1. The van der Waals surface area contributed by atoms with Crippen LogP contribution in [0.15, 0.2) is 176 Å². The van der Waals surface area contributed by atoms with Gasteiger partial charge in [-0.05, 0) is 40.7 Å². The third-order valence-corrected chi connectivity index (χ3v) is 6.83. The van der Waals surface area contributed by atoms with E-state index in [1.54, 1.807) is 0 Å². The van der Waals surface area contributed by atoms with Crippen molar-refractivity contribution >= 4 is 27.3 Å². The fourth-order valence-corrected chi connectivity index (χ4v) is 4.57. The number of aryl methyl sites for hydroxylation is 3. The summed E-state index contributed by atoms with van der Waals surface area (Å²) in [6, 6.07) is 57.1. The Kier molecular flexibility index (Phi) is 18.3. The minimum absolute atomic E-state index is 0. The number of nitrogens with zero attached hydrogens (tertiary/aromatic N) is 1. The van der Waals surface area contributed by atoms with Crippen LogP contribution in [0.1, 0.15) is 30.5 Å². The van der Waals surface area contributed by atoms with Crippen LogP contribution in [-0.4, -0.2) is 15.9 Å². The van der Waals surface area contributed by atoms with Gasteiger partial charge in [-0.25, -0.2) is 0 Å². The summed E-state index contributed by atoms with van der Waals surface area (Å²) in [5.41, 5.74) is 6.00. The van der Waals surface area contributed by atoms with Crippen molar-refractivity contribution < 1.29 is 30.0 Å². The van der Waals surface area contributed by atoms with Crippen molar-refractivity contribution in [2.75, 3.05) is 0 Å². The molecule has 1 radical (unpaired) electrons. The molecule has 1 N–H and O–H groups in total. The van der Waals surface area contributed by atoms with Crippen LogP contribution in [0.3, 0.4) is 0 Å². The summed E-state index contributed by atoms with van der Waals surface area (Å²) in [5.74, 6) is -0.0625. The first kappa shape index (κ1) is 40.0. The Balaban J connectivity index is 0.000000239. The van der Waals surface area contributed by atoms with E-state index in [0.717, 1.165) is 16.6 Å². The van der Waals surface area contributed by atoms with E-state index < -0.39 is 0 Å². The SMILES string of the molecule is CC(=O)C=C(C)O.Cc1ccccc1.Cc1ccccc1.Cc1ccccc1.[Ir].[c-]1c(-c2ccccn2)c2ccccc2c2ccccc12. The van der Waals surface area contributed by atoms with Gasteiger partial charge in [-0.1, -0.05) is 184 Å². The molecule has 49 heavy (non-hydrogen) atoms. The van der Waals surface area contributed by atoms with Gasteiger partial charge in [0.1, 0.15) is 0 Å². The largest absolute Gasteiger partial charge is 0.512 e. The number of allylic oxidation sites excluding steroid dienone is 2. The number of carbonyl (C=O) groups is 1. The molecule has 7 rings (SSSR count). The van der Waals surface area contributed by atoms with Gasteiger partial charge in [0, 0.05) is 38.1 Å². The average Bonchev–Trinajstić information content (AvgIpc) is 3.10. The molecule has 7 aromatic rings. The molecule has 3 nitrogen and oxygen atoms in total. The number of rotatable bonds is 2. The number of aliphatic hydroxyl groups excluding tert-OH is 1. The van der Waals surface area contributed by atoms with Gasteiger partial charge < -0.3 is 5.11 Å². The topological polar surface area (TPSA) is 50.2 Å². The summed E-state index contributed by atoms with van der Waals surface area (Å²) in [5, 5.41) is 13.2. The van der Waals surface area contributed by atoms with Crippen LogP contribution in [0.25, 0.3) is 32.8 Å². The molecule has 0 spiro atoms. The molecule has 0 fully saturated rings. The van der Waals surface area contributed by atoms with Gasteiger partial charge in [0.25, 0.3) is 0 Å². The van der Waals surface area contributed by atoms with Gasteiger partial charge in [0.05, 0.1) is 5.76 Å². The van der Waals surface area contributed by atoms with E-state index in [2.05, 4.69) is 117 Å². The molecule has 0 unspecified atom stereocenters. The van der Waals surface area contributed by atoms with Crippen molar-refractivity contribution in [2.45, 2.75) is 34.6 Å². The minimum atomic E-state index is -0.125. The van der Waals surface area contributed by atoms with Crippen molar-refractivity contribution in [3.05, 3.63) is 199 Å². The van der Waals surface area contributed by atoms with E-state index in [-0.39, 0.29) is 31.6 Å². The Hall–Kier alpha value is -5.15. The second kappa shape index (κ2) is 22.4. The molecule has 0 amide bonds. The van der Waals surface area contributed by atoms with Crippen LogP contribution in [-0.2, 0) is 24.9 Å². The standard InChI is InChI=1S/C19H12N.3C7H8.C5H8O2.Ir/c1-2-8-15-14(7-1)13-18(19-11-5-6-12-20-19)17-10-4-3-9-16(15)17;3*1-7-5-3-2-4-6-7;1-4(6)3-5(2)7;/h1-12H;3*2-6H,1H3;3,6H,1-2H3;/q-1;;;;;. The predicted molar refractivity (Wildman–Crippen MR) is 204 cm³/mol. The maximum atomic E-state index is 10.0. The number of carbonyl (C=O) groups excluding carboxylic acids is 1. The average molecular weight is 823 g/mol. The molecule has 0 atom stereocenters. The number of hydrogen-bond acceptors (Lipinski definition) is 3. The van der Waals surface area contributed by atoms with Crippen LogP contribution >= 0.6 is 0 Å². The molecular formula is C45H44IrNO2-. The van der Waals surface area contributed by atoms with Crippen molar-refractivity contribution in [2.24, 2.45) is 0 Å². The van der Waals surface area contributed by atoms with Gasteiger partial charge in [-0.3, -0.25) is 9.78 Å². The number of pyridine rings is 1. The van der Waals surface area contributed by atoms with E-state index >= 15 is 0 Å².